The summed E-state index contributed by atoms with van der Waals surface area (Å²) < 4.78 is 0. The summed E-state index contributed by atoms with van der Waals surface area (Å²) >= 11 is 6.04. The highest BCUT2D eigenvalue weighted by Crippen LogP contribution is 2.24. The Bertz CT molecular complexity index is 907. The third kappa shape index (κ3) is 4.58. The fourth-order valence-corrected chi connectivity index (χ4v) is 4.42. The molecule has 2 N–H and O–H groups in total. The molecule has 29 heavy (non-hydrogen) atoms. The molecule has 2 aliphatic rings. The van der Waals surface area contributed by atoms with Crippen LogP contribution < -0.4 is 14.7 Å². The van der Waals surface area contributed by atoms with Crippen LogP contribution in [0.1, 0.15) is 12.0 Å². The van der Waals surface area contributed by atoms with Crippen molar-refractivity contribution in [3.05, 3.63) is 71.3 Å². The molecule has 2 fully saturated rings. The second-order valence-corrected chi connectivity index (χ2v) is 8.17. The van der Waals surface area contributed by atoms with Crippen LogP contribution >= 0.6 is 11.6 Å². The molecule has 150 valence electrons. The van der Waals surface area contributed by atoms with Gasteiger partial charge in [0.15, 0.2) is 6.04 Å². The quantitative estimate of drug-likeness (QED) is 0.703. The maximum absolute atomic E-state index is 13.0. The van der Waals surface area contributed by atoms with Gasteiger partial charge in [-0.25, -0.2) is 4.90 Å². The molecule has 5 nitrogen and oxygen atoms in total. The second kappa shape index (κ2) is 8.91. The monoisotopic (exact) mass is 411 g/mol. The van der Waals surface area contributed by atoms with Crippen LogP contribution in [0.25, 0.3) is 6.08 Å². The van der Waals surface area contributed by atoms with Gasteiger partial charge >= 0.3 is 0 Å². The molecule has 2 saturated heterocycles. The van der Waals surface area contributed by atoms with Crippen molar-refractivity contribution in [3.8, 4) is 0 Å². The van der Waals surface area contributed by atoms with E-state index in [4.69, 9.17) is 11.6 Å². The summed E-state index contributed by atoms with van der Waals surface area (Å²) in [5, 5.41) is 0.527. The summed E-state index contributed by atoms with van der Waals surface area (Å²) in [6, 6.07) is 17.0. The third-order valence-electron chi connectivity index (χ3n) is 5.82. The van der Waals surface area contributed by atoms with E-state index in [0.29, 0.717) is 10.7 Å². The smallest absolute Gasteiger partial charge is 0.292 e. The van der Waals surface area contributed by atoms with E-state index in [1.165, 1.54) is 20.3 Å². The molecule has 0 radical (unpaired) electrons. The van der Waals surface area contributed by atoms with Crippen LogP contribution in [0.3, 0.4) is 0 Å². The fraction of sp³-hybridized carbons (Fsp3) is 0.304. The lowest BCUT2D eigenvalue weighted by Gasteiger charge is -2.31. The minimum absolute atomic E-state index is 0.0975. The van der Waals surface area contributed by atoms with E-state index in [9.17, 15) is 9.59 Å². The van der Waals surface area contributed by atoms with Gasteiger partial charge < -0.3 is 9.80 Å². The van der Waals surface area contributed by atoms with E-state index < -0.39 is 0 Å². The van der Waals surface area contributed by atoms with E-state index in [1.54, 1.807) is 24.3 Å². The standard InChI is InChI=1S/C23H24ClN3O2/c24-19-9-4-10-20(16-19)27-22(28)17-21(23(27)29)26-14-12-25(13-15-26)11-5-8-18-6-2-1-3-7-18/h1-10,16,21H,11-15,17H2/p+2. The third-order valence-corrected chi connectivity index (χ3v) is 6.06. The Hall–Kier alpha value is -2.47. The summed E-state index contributed by atoms with van der Waals surface area (Å²) in [6.07, 6.45) is 4.67. The minimum Gasteiger partial charge on any atom is -0.322 e. The van der Waals surface area contributed by atoms with Crippen LogP contribution in [-0.4, -0.2) is 50.6 Å². The summed E-state index contributed by atoms with van der Waals surface area (Å²) in [6.45, 7) is 4.80. The Morgan fingerprint density at radius 3 is 2.48 bits per heavy atom. The van der Waals surface area contributed by atoms with Crippen LogP contribution in [0, 0.1) is 0 Å². The Morgan fingerprint density at radius 1 is 1.00 bits per heavy atom. The summed E-state index contributed by atoms with van der Waals surface area (Å²) in [5.74, 6) is -0.227. The number of nitrogens with zero attached hydrogens (tertiary/aromatic N) is 1. The van der Waals surface area contributed by atoms with Gasteiger partial charge in [0.05, 0.1) is 18.7 Å². The van der Waals surface area contributed by atoms with Gasteiger partial charge in [-0.1, -0.05) is 54.1 Å². The number of imide groups is 1. The number of hydrogen-bond acceptors (Lipinski definition) is 2. The predicted molar refractivity (Wildman–Crippen MR) is 114 cm³/mol. The number of anilines is 1. The summed E-state index contributed by atoms with van der Waals surface area (Å²) in [4.78, 5) is 29.5. The van der Waals surface area contributed by atoms with E-state index in [-0.39, 0.29) is 24.3 Å². The molecule has 0 bridgehead atoms. The second-order valence-electron chi connectivity index (χ2n) is 7.73. The number of hydrogen-bond donors (Lipinski definition) is 2. The van der Waals surface area contributed by atoms with Crippen LogP contribution in [0.15, 0.2) is 60.7 Å². The van der Waals surface area contributed by atoms with Crippen molar-refractivity contribution in [1.29, 1.82) is 0 Å². The van der Waals surface area contributed by atoms with Gasteiger partial charge in [0.2, 0.25) is 5.91 Å². The number of nitrogens with one attached hydrogen (secondary N) is 2. The molecule has 2 aliphatic heterocycles. The molecular formula is C23H26ClN3O2+2. The lowest BCUT2D eigenvalue weighted by molar-refractivity contribution is -1.02. The molecule has 2 amide bonds. The lowest BCUT2D eigenvalue weighted by atomic mass is 10.1. The Labute approximate surface area is 176 Å². The number of carbonyl (C=O) groups excluding carboxylic acids is 2. The number of quaternary nitrogens is 2. The van der Waals surface area contributed by atoms with Crippen molar-refractivity contribution in [2.24, 2.45) is 0 Å². The number of benzene rings is 2. The minimum atomic E-state index is -0.275. The van der Waals surface area contributed by atoms with Crippen molar-refractivity contribution in [2.45, 2.75) is 12.5 Å². The molecule has 6 heteroatoms. The van der Waals surface area contributed by atoms with Crippen molar-refractivity contribution in [2.75, 3.05) is 37.6 Å². The average Bonchev–Trinajstić information content (AvgIpc) is 3.03. The Balaban J connectivity index is 1.32. The van der Waals surface area contributed by atoms with Crippen molar-refractivity contribution in [1.82, 2.24) is 0 Å². The first-order chi connectivity index (χ1) is 14.1. The number of amides is 2. The molecule has 4 rings (SSSR count). The topological polar surface area (TPSA) is 46.3 Å². The van der Waals surface area contributed by atoms with Gasteiger partial charge in [0, 0.05) is 5.02 Å². The van der Waals surface area contributed by atoms with Crippen molar-refractivity contribution in [3.63, 3.8) is 0 Å². The van der Waals surface area contributed by atoms with Gasteiger partial charge in [-0.2, -0.15) is 0 Å². The average molecular weight is 412 g/mol. The first-order valence-corrected chi connectivity index (χ1v) is 10.5. The van der Waals surface area contributed by atoms with Gasteiger partial charge in [-0.05, 0) is 29.8 Å². The van der Waals surface area contributed by atoms with Crippen LogP contribution in [0.5, 0.6) is 0 Å². The first-order valence-electron chi connectivity index (χ1n) is 10.1. The molecule has 0 aliphatic carbocycles. The van der Waals surface area contributed by atoms with E-state index in [1.807, 2.05) is 18.2 Å². The Morgan fingerprint density at radius 2 is 1.76 bits per heavy atom. The molecular weight excluding hydrogens is 386 g/mol. The zero-order valence-corrected chi connectivity index (χ0v) is 17.1. The molecule has 2 heterocycles. The molecule has 0 aromatic heterocycles. The zero-order chi connectivity index (χ0) is 20.2. The summed E-state index contributed by atoms with van der Waals surface area (Å²) in [7, 11) is 0. The molecule has 0 spiro atoms. The summed E-state index contributed by atoms with van der Waals surface area (Å²) in [5.41, 5.74) is 1.79. The van der Waals surface area contributed by atoms with Crippen molar-refractivity contribution >= 4 is 35.2 Å². The zero-order valence-electron chi connectivity index (χ0n) is 16.3. The highest BCUT2D eigenvalue weighted by Gasteiger charge is 2.46. The highest BCUT2D eigenvalue weighted by molar-refractivity contribution is 6.31. The molecule has 2 aromatic rings. The van der Waals surface area contributed by atoms with Gasteiger partial charge in [-0.15, -0.1) is 0 Å². The first kappa shape index (κ1) is 19.8. The van der Waals surface area contributed by atoms with Crippen LogP contribution in [0.2, 0.25) is 5.02 Å². The van der Waals surface area contributed by atoms with Crippen LogP contribution in [-0.2, 0) is 9.59 Å². The SMILES string of the molecule is O=C1CC([NH+]2CC[NH+](CC=Cc3ccccc3)CC2)C(=O)N1c1cccc(Cl)c1. The number of carbonyl (C=O) groups is 2. The largest absolute Gasteiger partial charge is 0.322 e. The van der Waals surface area contributed by atoms with E-state index in [2.05, 4.69) is 24.3 Å². The maximum atomic E-state index is 13.0. The molecule has 0 saturated carbocycles. The number of halogens is 1. The normalized spacial score (nSPS) is 25.1. The van der Waals surface area contributed by atoms with E-state index in [0.717, 1.165) is 32.7 Å². The van der Waals surface area contributed by atoms with E-state index >= 15 is 0 Å². The van der Waals surface area contributed by atoms with Gasteiger partial charge in [0.1, 0.15) is 26.2 Å². The number of piperazine rings is 1. The van der Waals surface area contributed by atoms with Crippen LogP contribution in [0.4, 0.5) is 5.69 Å². The van der Waals surface area contributed by atoms with Crippen molar-refractivity contribution < 1.29 is 19.4 Å². The lowest BCUT2D eigenvalue weighted by Crippen LogP contribution is -3.30. The predicted octanol–water partition coefficient (Wildman–Crippen LogP) is 0.469. The van der Waals surface area contributed by atoms with Gasteiger partial charge in [0.25, 0.3) is 5.91 Å². The maximum Gasteiger partial charge on any atom is 0.292 e. The van der Waals surface area contributed by atoms with Gasteiger partial charge in [-0.3, -0.25) is 9.59 Å². The molecule has 1 unspecified atom stereocenters. The highest BCUT2D eigenvalue weighted by atomic mass is 35.5. The number of rotatable bonds is 5. The molecule has 2 aromatic carbocycles. The molecule has 1 atom stereocenters. The Kier molecular flexibility index (Phi) is 6.09. The fourth-order valence-electron chi connectivity index (χ4n) is 4.24.